The van der Waals surface area contributed by atoms with E-state index in [1.165, 1.54) is 25.7 Å². The van der Waals surface area contributed by atoms with Crippen LogP contribution in [-0.2, 0) is 0 Å². The Kier molecular flexibility index (Phi) is 4.32. The van der Waals surface area contributed by atoms with E-state index in [9.17, 15) is 0 Å². The van der Waals surface area contributed by atoms with Crippen LogP contribution < -0.4 is 16.8 Å². The maximum atomic E-state index is 5.70. The SMILES string of the molecule is CC1CCCC(CNc2cc(N)nc(N)n2)(N(C)C)C1. The monoisotopic (exact) mass is 278 g/mol. The average molecular weight is 278 g/mol. The molecular formula is C14H26N6. The first-order valence-electron chi connectivity index (χ1n) is 7.23. The van der Waals surface area contributed by atoms with E-state index in [1.54, 1.807) is 6.07 Å². The molecule has 20 heavy (non-hydrogen) atoms. The highest BCUT2D eigenvalue weighted by Gasteiger charge is 2.36. The molecule has 2 rings (SSSR count). The van der Waals surface area contributed by atoms with Gasteiger partial charge in [0.05, 0.1) is 0 Å². The molecule has 0 spiro atoms. The molecule has 0 saturated heterocycles. The Hall–Kier alpha value is -1.56. The fraction of sp³-hybridized carbons (Fsp3) is 0.714. The van der Waals surface area contributed by atoms with Crippen LogP contribution in [0.1, 0.15) is 32.6 Å². The highest BCUT2D eigenvalue weighted by molar-refractivity contribution is 5.48. The summed E-state index contributed by atoms with van der Waals surface area (Å²) in [6.07, 6.45) is 4.99. The van der Waals surface area contributed by atoms with Crippen LogP contribution in [0.25, 0.3) is 0 Å². The van der Waals surface area contributed by atoms with Gasteiger partial charge in [-0.05, 0) is 32.9 Å². The van der Waals surface area contributed by atoms with Crippen LogP contribution >= 0.6 is 0 Å². The zero-order valence-electron chi connectivity index (χ0n) is 12.7. The molecule has 1 heterocycles. The molecule has 2 unspecified atom stereocenters. The fourth-order valence-corrected chi connectivity index (χ4v) is 3.19. The summed E-state index contributed by atoms with van der Waals surface area (Å²) in [5.41, 5.74) is 11.5. The van der Waals surface area contributed by atoms with Crippen molar-refractivity contribution in [2.45, 2.75) is 38.1 Å². The van der Waals surface area contributed by atoms with Gasteiger partial charge in [-0.1, -0.05) is 19.8 Å². The van der Waals surface area contributed by atoms with E-state index in [0.29, 0.717) is 11.6 Å². The molecule has 0 bridgehead atoms. The van der Waals surface area contributed by atoms with E-state index in [4.69, 9.17) is 11.5 Å². The maximum Gasteiger partial charge on any atom is 0.223 e. The number of nitrogens with zero attached hydrogens (tertiary/aromatic N) is 3. The number of nitrogens with one attached hydrogen (secondary N) is 1. The third-order valence-electron chi connectivity index (χ3n) is 4.38. The lowest BCUT2D eigenvalue weighted by Gasteiger charge is -2.45. The molecule has 1 saturated carbocycles. The smallest absolute Gasteiger partial charge is 0.223 e. The van der Waals surface area contributed by atoms with Crippen LogP contribution in [0.15, 0.2) is 6.07 Å². The van der Waals surface area contributed by atoms with Crippen molar-refractivity contribution in [3.8, 4) is 0 Å². The van der Waals surface area contributed by atoms with Crippen molar-refractivity contribution < 1.29 is 0 Å². The number of anilines is 3. The highest BCUT2D eigenvalue weighted by Crippen LogP contribution is 2.35. The molecule has 5 N–H and O–H groups in total. The summed E-state index contributed by atoms with van der Waals surface area (Å²) < 4.78 is 0. The van der Waals surface area contributed by atoms with Gasteiger partial charge in [0.1, 0.15) is 11.6 Å². The molecule has 0 aromatic carbocycles. The summed E-state index contributed by atoms with van der Waals surface area (Å²) in [5.74, 6) is 2.07. The van der Waals surface area contributed by atoms with Gasteiger partial charge < -0.3 is 21.7 Å². The van der Waals surface area contributed by atoms with Gasteiger partial charge >= 0.3 is 0 Å². The van der Waals surface area contributed by atoms with E-state index < -0.39 is 0 Å². The van der Waals surface area contributed by atoms with Crippen molar-refractivity contribution in [1.82, 2.24) is 14.9 Å². The fourth-order valence-electron chi connectivity index (χ4n) is 3.19. The second kappa shape index (κ2) is 5.83. The standard InChI is InChI=1S/C14H26N6/c1-10-5-4-6-14(8-10,20(2)3)9-17-12-7-11(15)18-13(16)19-12/h7,10H,4-6,8-9H2,1-3H3,(H5,15,16,17,18,19). The Morgan fingerprint density at radius 2 is 2.15 bits per heavy atom. The maximum absolute atomic E-state index is 5.70. The van der Waals surface area contributed by atoms with Crippen molar-refractivity contribution in [1.29, 1.82) is 0 Å². The highest BCUT2D eigenvalue weighted by atomic mass is 15.2. The van der Waals surface area contributed by atoms with Gasteiger partial charge in [0.25, 0.3) is 0 Å². The van der Waals surface area contributed by atoms with Crippen LogP contribution in [0.4, 0.5) is 17.6 Å². The normalized spacial score (nSPS) is 26.7. The molecule has 1 fully saturated rings. The Bertz CT molecular complexity index is 441. The van der Waals surface area contributed by atoms with Gasteiger partial charge in [-0.15, -0.1) is 0 Å². The van der Waals surface area contributed by atoms with Gasteiger partial charge in [-0.2, -0.15) is 9.97 Å². The van der Waals surface area contributed by atoms with E-state index in [2.05, 4.69) is 41.2 Å². The molecule has 1 aromatic heterocycles. The predicted octanol–water partition coefficient (Wildman–Crippen LogP) is 1.56. The molecule has 6 nitrogen and oxygen atoms in total. The number of nitrogens with two attached hydrogens (primary N) is 2. The molecule has 1 aliphatic rings. The third-order valence-corrected chi connectivity index (χ3v) is 4.38. The van der Waals surface area contributed by atoms with Gasteiger partial charge in [-0.3, -0.25) is 0 Å². The molecule has 6 heteroatoms. The lowest BCUT2D eigenvalue weighted by molar-refractivity contribution is 0.0882. The largest absolute Gasteiger partial charge is 0.383 e. The molecule has 1 aliphatic carbocycles. The van der Waals surface area contributed by atoms with Crippen molar-refractivity contribution >= 4 is 17.6 Å². The van der Waals surface area contributed by atoms with E-state index in [0.717, 1.165) is 12.5 Å². The summed E-state index contributed by atoms with van der Waals surface area (Å²) >= 11 is 0. The molecular weight excluding hydrogens is 252 g/mol. The number of hydrogen-bond acceptors (Lipinski definition) is 6. The van der Waals surface area contributed by atoms with Gasteiger partial charge in [0.15, 0.2) is 0 Å². The number of nitrogen functional groups attached to an aromatic ring is 2. The first kappa shape index (κ1) is 14.8. The Balaban J connectivity index is 2.09. The minimum absolute atomic E-state index is 0.173. The number of aromatic nitrogens is 2. The van der Waals surface area contributed by atoms with Crippen molar-refractivity contribution in [3.63, 3.8) is 0 Å². The second-order valence-corrected chi connectivity index (χ2v) is 6.21. The molecule has 0 aliphatic heterocycles. The number of rotatable bonds is 4. The van der Waals surface area contributed by atoms with Crippen molar-refractivity contribution in [2.75, 3.05) is 37.4 Å². The van der Waals surface area contributed by atoms with E-state index in [1.807, 2.05) is 0 Å². The summed E-state index contributed by atoms with van der Waals surface area (Å²) in [5, 5.41) is 3.39. The molecule has 2 atom stereocenters. The van der Waals surface area contributed by atoms with Crippen LogP contribution in [0.5, 0.6) is 0 Å². The molecule has 112 valence electrons. The summed E-state index contributed by atoms with van der Waals surface area (Å²) in [6.45, 7) is 3.18. The number of hydrogen-bond donors (Lipinski definition) is 3. The van der Waals surface area contributed by atoms with E-state index in [-0.39, 0.29) is 11.5 Å². The Morgan fingerprint density at radius 1 is 1.40 bits per heavy atom. The van der Waals surface area contributed by atoms with Gasteiger partial charge in [0.2, 0.25) is 5.95 Å². The molecule has 0 amide bonds. The van der Waals surface area contributed by atoms with E-state index >= 15 is 0 Å². The average Bonchev–Trinajstić information content (AvgIpc) is 2.35. The first-order chi connectivity index (χ1) is 9.41. The molecule has 0 radical (unpaired) electrons. The summed E-state index contributed by atoms with van der Waals surface area (Å²) in [7, 11) is 4.31. The van der Waals surface area contributed by atoms with Crippen LogP contribution in [0, 0.1) is 5.92 Å². The second-order valence-electron chi connectivity index (χ2n) is 6.21. The zero-order chi connectivity index (χ0) is 14.8. The summed E-state index contributed by atoms with van der Waals surface area (Å²) in [4.78, 5) is 10.4. The molecule has 1 aromatic rings. The number of likely N-dealkylation sites (N-methyl/N-ethyl adjacent to an activating group) is 1. The Labute approximate surface area is 121 Å². The lowest BCUT2D eigenvalue weighted by Crippen LogP contribution is -2.52. The summed E-state index contributed by atoms with van der Waals surface area (Å²) in [6, 6.07) is 1.73. The first-order valence-corrected chi connectivity index (χ1v) is 7.23. The minimum atomic E-state index is 0.173. The van der Waals surface area contributed by atoms with Crippen molar-refractivity contribution in [2.24, 2.45) is 5.92 Å². The predicted molar refractivity (Wildman–Crippen MR) is 83.4 cm³/mol. The van der Waals surface area contributed by atoms with Crippen LogP contribution in [0.2, 0.25) is 0 Å². The Morgan fingerprint density at radius 3 is 2.75 bits per heavy atom. The van der Waals surface area contributed by atoms with Crippen molar-refractivity contribution in [3.05, 3.63) is 6.07 Å². The third kappa shape index (κ3) is 3.30. The quantitative estimate of drug-likeness (QED) is 0.774. The minimum Gasteiger partial charge on any atom is -0.383 e. The van der Waals surface area contributed by atoms with Crippen LogP contribution in [0.3, 0.4) is 0 Å². The zero-order valence-corrected chi connectivity index (χ0v) is 12.7. The van der Waals surface area contributed by atoms with Gasteiger partial charge in [0, 0.05) is 18.2 Å². The lowest BCUT2D eigenvalue weighted by atomic mass is 9.75. The van der Waals surface area contributed by atoms with Crippen LogP contribution in [-0.4, -0.2) is 41.0 Å². The van der Waals surface area contributed by atoms with Gasteiger partial charge in [-0.25, -0.2) is 0 Å². The topological polar surface area (TPSA) is 93.1 Å².